The molecule has 1 unspecified atom stereocenters. The van der Waals surface area contributed by atoms with Crippen molar-refractivity contribution in [1.82, 2.24) is 0 Å². The molecular weight excluding hydrogens is 245 g/mol. The SMILES string of the molecule is CCC(N)(CCc1ccsc1)c1cccc(F)c1. The quantitative estimate of drug-likeness (QED) is 0.864. The maximum atomic E-state index is 13.3. The van der Waals surface area contributed by atoms with E-state index < -0.39 is 5.54 Å². The standard InChI is InChI=1S/C15H18FNS/c1-2-15(17,8-6-12-7-9-18-11-12)13-4-3-5-14(16)10-13/h3-5,7,9-11H,2,6,8,17H2,1H3. The zero-order valence-electron chi connectivity index (χ0n) is 10.5. The van der Waals surface area contributed by atoms with E-state index in [0.29, 0.717) is 0 Å². The van der Waals surface area contributed by atoms with E-state index in [1.54, 1.807) is 23.5 Å². The van der Waals surface area contributed by atoms with Crippen LogP contribution in [0.25, 0.3) is 0 Å². The van der Waals surface area contributed by atoms with Gasteiger partial charge in [-0.05, 0) is 59.3 Å². The van der Waals surface area contributed by atoms with Crippen molar-refractivity contribution in [2.75, 3.05) is 0 Å². The Labute approximate surface area is 111 Å². The van der Waals surface area contributed by atoms with Crippen LogP contribution in [0.5, 0.6) is 0 Å². The van der Waals surface area contributed by atoms with E-state index in [-0.39, 0.29) is 5.82 Å². The second kappa shape index (κ2) is 5.63. The van der Waals surface area contributed by atoms with Gasteiger partial charge in [0.15, 0.2) is 0 Å². The minimum Gasteiger partial charge on any atom is -0.321 e. The number of hydrogen-bond donors (Lipinski definition) is 1. The van der Waals surface area contributed by atoms with Gasteiger partial charge in [0.2, 0.25) is 0 Å². The molecule has 2 rings (SSSR count). The number of halogens is 1. The van der Waals surface area contributed by atoms with Gasteiger partial charge >= 0.3 is 0 Å². The molecule has 1 heterocycles. The summed E-state index contributed by atoms with van der Waals surface area (Å²) in [5, 5.41) is 4.21. The molecule has 1 aromatic heterocycles. The molecule has 0 saturated carbocycles. The van der Waals surface area contributed by atoms with Gasteiger partial charge in [0.05, 0.1) is 0 Å². The largest absolute Gasteiger partial charge is 0.321 e. The molecule has 0 saturated heterocycles. The minimum absolute atomic E-state index is 0.216. The smallest absolute Gasteiger partial charge is 0.123 e. The van der Waals surface area contributed by atoms with Crippen molar-refractivity contribution in [3.63, 3.8) is 0 Å². The summed E-state index contributed by atoms with van der Waals surface area (Å²) in [5.74, 6) is -0.216. The van der Waals surface area contributed by atoms with E-state index >= 15 is 0 Å². The van der Waals surface area contributed by atoms with Crippen molar-refractivity contribution in [2.45, 2.75) is 31.7 Å². The zero-order valence-corrected chi connectivity index (χ0v) is 11.3. The first-order valence-corrected chi connectivity index (χ1v) is 7.14. The first kappa shape index (κ1) is 13.2. The lowest BCUT2D eigenvalue weighted by atomic mass is 9.83. The molecule has 0 amide bonds. The van der Waals surface area contributed by atoms with E-state index in [9.17, 15) is 4.39 Å². The van der Waals surface area contributed by atoms with Crippen molar-refractivity contribution in [3.8, 4) is 0 Å². The summed E-state index contributed by atoms with van der Waals surface area (Å²) < 4.78 is 13.3. The van der Waals surface area contributed by atoms with Crippen LogP contribution in [0.2, 0.25) is 0 Å². The normalized spacial score (nSPS) is 14.4. The van der Waals surface area contributed by atoms with Gasteiger partial charge in [-0.2, -0.15) is 11.3 Å². The molecule has 0 aliphatic carbocycles. The van der Waals surface area contributed by atoms with Crippen LogP contribution in [0.15, 0.2) is 41.1 Å². The Kier molecular flexibility index (Phi) is 4.15. The number of rotatable bonds is 5. The van der Waals surface area contributed by atoms with E-state index in [1.807, 2.05) is 6.07 Å². The lowest BCUT2D eigenvalue weighted by Gasteiger charge is -2.29. The molecule has 2 N–H and O–H groups in total. The first-order chi connectivity index (χ1) is 8.64. The molecule has 18 heavy (non-hydrogen) atoms. The molecule has 0 radical (unpaired) electrons. The fourth-order valence-corrected chi connectivity index (χ4v) is 2.83. The molecule has 96 valence electrons. The fraction of sp³-hybridized carbons (Fsp3) is 0.333. The molecule has 0 aliphatic heterocycles. The van der Waals surface area contributed by atoms with Crippen LogP contribution in [0.4, 0.5) is 4.39 Å². The van der Waals surface area contributed by atoms with E-state index in [2.05, 4.69) is 23.8 Å². The Morgan fingerprint density at radius 1 is 1.33 bits per heavy atom. The van der Waals surface area contributed by atoms with E-state index in [4.69, 9.17) is 5.73 Å². The second-order valence-electron chi connectivity index (χ2n) is 4.65. The monoisotopic (exact) mass is 263 g/mol. The Balaban J connectivity index is 2.14. The molecule has 1 aromatic carbocycles. The van der Waals surface area contributed by atoms with Crippen LogP contribution < -0.4 is 5.73 Å². The van der Waals surface area contributed by atoms with Gasteiger partial charge in [-0.25, -0.2) is 4.39 Å². The van der Waals surface area contributed by atoms with Crippen LogP contribution in [0, 0.1) is 5.82 Å². The minimum atomic E-state index is -0.440. The van der Waals surface area contributed by atoms with Crippen molar-refractivity contribution in [3.05, 3.63) is 58.0 Å². The molecule has 0 fully saturated rings. The number of aryl methyl sites for hydroxylation is 1. The number of benzene rings is 1. The third-order valence-electron chi connectivity index (χ3n) is 3.47. The summed E-state index contributed by atoms with van der Waals surface area (Å²) >= 11 is 1.70. The van der Waals surface area contributed by atoms with Gasteiger partial charge in [0.25, 0.3) is 0 Å². The summed E-state index contributed by atoms with van der Waals surface area (Å²) in [5.41, 5.74) is 8.19. The Hall–Kier alpha value is -1.19. The predicted molar refractivity (Wildman–Crippen MR) is 75.2 cm³/mol. The number of thiophene rings is 1. The van der Waals surface area contributed by atoms with Crippen LogP contribution in [0.1, 0.15) is 30.9 Å². The van der Waals surface area contributed by atoms with Crippen molar-refractivity contribution < 1.29 is 4.39 Å². The number of hydrogen-bond acceptors (Lipinski definition) is 2. The fourth-order valence-electron chi connectivity index (χ4n) is 2.13. The maximum absolute atomic E-state index is 13.3. The van der Waals surface area contributed by atoms with Crippen LogP contribution >= 0.6 is 11.3 Å². The lowest BCUT2D eigenvalue weighted by Crippen LogP contribution is -2.36. The summed E-state index contributed by atoms with van der Waals surface area (Å²) in [6.07, 6.45) is 2.58. The Morgan fingerprint density at radius 3 is 2.78 bits per heavy atom. The maximum Gasteiger partial charge on any atom is 0.123 e. The first-order valence-electron chi connectivity index (χ1n) is 6.20. The average Bonchev–Trinajstić information content (AvgIpc) is 2.89. The topological polar surface area (TPSA) is 26.0 Å². The van der Waals surface area contributed by atoms with Crippen molar-refractivity contribution in [2.24, 2.45) is 5.73 Å². The Morgan fingerprint density at radius 2 is 2.17 bits per heavy atom. The highest BCUT2D eigenvalue weighted by atomic mass is 32.1. The zero-order chi connectivity index (χ0) is 13.0. The average molecular weight is 263 g/mol. The third-order valence-corrected chi connectivity index (χ3v) is 4.20. The summed E-state index contributed by atoms with van der Waals surface area (Å²) in [6, 6.07) is 8.77. The second-order valence-corrected chi connectivity index (χ2v) is 5.43. The highest BCUT2D eigenvalue weighted by molar-refractivity contribution is 7.07. The predicted octanol–water partition coefficient (Wildman–Crippen LogP) is 4.08. The van der Waals surface area contributed by atoms with E-state index in [0.717, 1.165) is 24.8 Å². The van der Waals surface area contributed by atoms with Crippen LogP contribution in [0.3, 0.4) is 0 Å². The molecule has 3 heteroatoms. The molecule has 0 bridgehead atoms. The van der Waals surface area contributed by atoms with Crippen LogP contribution in [-0.4, -0.2) is 0 Å². The summed E-state index contributed by atoms with van der Waals surface area (Å²) in [7, 11) is 0. The number of nitrogens with two attached hydrogens (primary N) is 1. The Bertz CT molecular complexity index is 495. The van der Waals surface area contributed by atoms with Crippen LogP contribution in [-0.2, 0) is 12.0 Å². The van der Waals surface area contributed by atoms with E-state index in [1.165, 1.54) is 11.6 Å². The molecule has 0 spiro atoms. The summed E-state index contributed by atoms with van der Waals surface area (Å²) in [4.78, 5) is 0. The summed E-state index contributed by atoms with van der Waals surface area (Å²) in [6.45, 7) is 2.05. The van der Waals surface area contributed by atoms with Gasteiger partial charge < -0.3 is 5.73 Å². The highest BCUT2D eigenvalue weighted by Crippen LogP contribution is 2.28. The molecule has 1 nitrogen and oxygen atoms in total. The third kappa shape index (κ3) is 2.98. The molecular formula is C15H18FNS. The van der Waals surface area contributed by atoms with Gasteiger partial charge in [0.1, 0.15) is 5.82 Å². The van der Waals surface area contributed by atoms with Gasteiger partial charge in [-0.3, -0.25) is 0 Å². The molecule has 1 atom stereocenters. The highest BCUT2D eigenvalue weighted by Gasteiger charge is 2.25. The molecule has 0 aliphatic rings. The van der Waals surface area contributed by atoms with Gasteiger partial charge in [0, 0.05) is 5.54 Å². The lowest BCUT2D eigenvalue weighted by molar-refractivity contribution is 0.392. The van der Waals surface area contributed by atoms with Gasteiger partial charge in [-0.15, -0.1) is 0 Å². The van der Waals surface area contributed by atoms with Crippen molar-refractivity contribution in [1.29, 1.82) is 0 Å². The molecule has 2 aromatic rings. The van der Waals surface area contributed by atoms with Crippen molar-refractivity contribution >= 4 is 11.3 Å². The van der Waals surface area contributed by atoms with Gasteiger partial charge in [-0.1, -0.05) is 19.1 Å².